The third-order valence-electron chi connectivity index (χ3n) is 3.38. The Morgan fingerprint density at radius 2 is 1.91 bits per heavy atom. The third-order valence-corrected chi connectivity index (χ3v) is 3.96. The maximum absolute atomic E-state index is 6.17. The van der Waals surface area contributed by atoms with Gasteiger partial charge >= 0.3 is 0 Å². The summed E-state index contributed by atoms with van der Waals surface area (Å²) in [5.41, 5.74) is 1.05. The smallest absolute Gasteiger partial charge is 0.224 e. The van der Waals surface area contributed by atoms with Crippen LogP contribution in [0.25, 0.3) is 0 Å². The summed E-state index contributed by atoms with van der Waals surface area (Å²) in [7, 11) is 0. The third kappa shape index (κ3) is 6.24. The molecule has 0 radical (unpaired) electrons. The lowest BCUT2D eigenvalue weighted by Gasteiger charge is -2.10. The van der Waals surface area contributed by atoms with Crippen LogP contribution in [0, 0.1) is 5.92 Å². The molecular weight excluding hydrogens is 331 g/mol. The molecule has 0 atom stereocenters. The second-order valence-corrected chi connectivity index (χ2v) is 6.63. The summed E-state index contributed by atoms with van der Waals surface area (Å²) in [6.45, 7) is 6.03. The topological polar surface area (TPSA) is 49.8 Å². The van der Waals surface area contributed by atoms with E-state index in [0.29, 0.717) is 28.5 Å². The lowest BCUT2D eigenvalue weighted by atomic mass is 10.1. The van der Waals surface area contributed by atoms with E-state index in [1.165, 1.54) is 0 Å². The second kappa shape index (κ2) is 8.94. The van der Waals surface area contributed by atoms with Crippen LogP contribution in [0.15, 0.2) is 30.5 Å². The maximum Gasteiger partial charge on any atom is 0.224 e. The molecule has 23 heavy (non-hydrogen) atoms. The number of halogens is 2. The van der Waals surface area contributed by atoms with Gasteiger partial charge in [-0.25, -0.2) is 4.98 Å². The van der Waals surface area contributed by atoms with Gasteiger partial charge in [-0.2, -0.15) is 4.98 Å². The van der Waals surface area contributed by atoms with E-state index in [1.54, 1.807) is 12.3 Å². The molecule has 1 aromatic heterocycles. The number of rotatable bonds is 8. The highest BCUT2D eigenvalue weighted by molar-refractivity contribution is 6.35. The SMILES string of the molecule is CC(C)CCNc1ccnc(NCCc2ccc(Cl)cc2Cl)n1. The van der Waals surface area contributed by atoms with Gasteiger partial charge in [0, 0.05) is 29.3 Å². The van der Waals surface area contributed by atoms with Crippen molar-refractivity contribution < 1.29 is 0 Å². The number of nitrogens with one attached hydrogen (secondary N) is 2. The number of nitrogens with zero attached hydrogens (tertiary/aromatic N) is 2. The standard InChI is InChI=1S/C17H22Cl2N4/c1-12(2)5-8-20-16-7-10-22-17(23-16)21-9-6-13-3-4-14(18)11-15(13)19/h3-4,7,10-12H,5-6,8-9H2,1-2H3,(H2,20,21,22,23). The number of aromatic nitrogens is 2. The van der Waals surface area contributed by atoms with Gasteiger partial charge in [0.15, 0.2) is 0 Å². The van der Waals surface area contributed by atoms with E-state index in [-0.39, 0.29) is 0 Å². The van der Waals surface area contributed by atoms with Crippen molar-refractivity contribution in [1.82, 2.24) is 9.97 Å². The fourth-order valence-electron chi connectivity index (χ4n) is 2.06. The Hall–Kier alpha value is -1.52. The molecule has 0 spiro atoms. The van der Waals surface area contributed by atoms with Crippen LogP contribution >= 0.6 is 23.2 Å². The summed E-state index contributed by atoms with van der Waals surface area (Å²) >= 11 is 12.1. The Morgan fingerprint density at radius 3 is 2.65 bits per heavy atom. The minimum absolute atomic E-state index is 0.615. The zero-order chi connectivity index (χ0) is 16.7. The highest BCUT2D eigenvalue weighted by Gasteiger charge is 2.03. The Balaban J connectivity index is 1.83. The molecule has 0 aliphatic rings. The van der Waals surface area contributed by atoms with E-state index in [1.807, 2.05) is 18.2 Å². The van der Waals surface area contributed by atoms with Gasteiger partial charge < -0.3 is 10.6 Å². The highest BCUT2D eigenvalue weighted by atomic mass is 35.5. The molecule has 0 aliphatic carbocycles. The second-order valence-electron chi connectivity index (χ2n) is 5.79. The van der Waals surface area contributed by atoms with Gasteiger partial charge in [0.25, 0.3) is 0 Å². The van der Waals surface area contributed by atoms with Crippen molar-refractivity contribution in [3.05, 3.63) is 46.1 Å². The zero-order valence-corrected chi connectivity index (χ0v) is 15.0. The van der Waals surface area contributed by atoms with E-state index >= 15 is 0 Å². The monoisotopic (exact) mass is 352 g/mol. The Labute approximate surface area is 147 Å². The summed E-state index contributed by atoms with van der Waals surface area (Å²) in [5, 5.41) is 7.87. The molecule has 0 amide bonds. The minimum atomic E-state index is 0.615. The molecule has 4 nitrogen and oxygen atoms in total. The quantitative estimate of drug-likeness (QED) is 0.709. The number of hydrogen-bond acceptors (Lipinski definition) is 4. The van der Waals surface area contributed by atoms with Crippen LogP contribution in [-0.2, 0) is 6.42 Å². The van der Waals surface area contributed by atoms with Gasteiger partial charge in [0.05, 0.1) is 0 Å². The lowest BCUT2D eigenvalue weighted by Crippen LogP contribution is -2.11. The molecule has 0 fully saturated rings. The molecule has 0 unspecified atom stereocenters. The first kappa shape index (κ1) is 17.8. The summed E-state index contributed by atoms with van der Waals surface area (Å²) < 4.78 is 0. The predicted octanol–water partition coefficient (Wildman–Crippen LogP) is 4.90. The Kier molecular flexibility index (Phi) is 6.93. The van der Waals surface area contributed by atoms with E-state index in [0.717, 1.165) is 30.8 Å². The van der Waals surface area contributed by atoms with E-state index < -0.39 is 0 Å². The van der Waals surface area contributed by atoms with Gasteiger partial charge in [0.2, 0.25) is 5.95 Å². The minimum Gasteiger partial charge on any atom is -0.370 e. The average Bonchev–Trinajstić information content (AvgIpc) is 2.49. The molecule has 0 saturated carbocycles. The van der Waals surface area contributed by atoms with Crippen molar-refractivity contribution in [1.29, 1.82) is 0 Å². The van der Waals surface area contributed by atoms with Crippen LogP contribution in [-0.4, -0.2) is 23.1 Å². The van der Waals surface area contributed by atoms with Gasteiger partial charge in [-0.3, -0.25) is 0 Å². The molecule has 124 valence electrons. The van der Waals surface area contributed by atoms with Crippen LogP contribution in [0.4, 0.5) is 11.8 Å². The summed E-state index contributed by atoms with van der Waals surface area (Å²) in [6.07, 6.45) is 3.65. The van der Waals surface area contributed by atoms with Gasteiger partial charge in [-0.05, 0) is 42.5 Å². The number of hydrogen-bond donors (Lipinski definition) is 2. The number of anilines is 2. The molecular formula is C17H22Cl2N4. The van der Waals surface area contributed by atoms with Crippen molar-refractivity contribution in [2.75, 3.05) is 23.7 Å². The summed E-state index contributed by atoms with van der Waals surface area (Å²) in [4.78, 5) is 8.68. The van der Waals surface area contributed by atoms with Gasteiger partial charge in [0.1, 0.15) is 5.82 Å². The van der Waals surface area contributed by atoms with Gasteiger partial charge in [-0.15, -0.1) is 0 Å². The van der Waals surface area contributed by atoms with Crippen LogP contribution in [0.5, 0.6) is 0 Å². The summed E-state index contributed by atoms with van der Waals surface area (Å²) in [6, 6.07) is 7.42. The zero-order valence-electron chi connectivity index (χ0n) is 13.4. The molecule has 0 bridgehead atoms. The molecule has 2 rings (SSSR count). The Morgan fingerprint density at radius 1 is 1.09 bits per heavy atom. The van der Waals surface area contributed by atoms with Crippen LogP contribution in [0.2, 0.25) is 10.0 Å². The van der Waals surface area contributed by atoms with E-state index in [4.69, 9.17) is 23.2 Å². The normalized spacial score (nSPS) is 10.8. The van der Waals surface area contributed by atoms with E-state index in [9.17, 15) is 0 Å². The van der Waals surface area contributed by atoms with E-state index in [2.05, 4.69) is 34.4 Å². The fraction of sp³-hybridized carbons (Fsp3) is 0.412. The number of benzene rings is 1. The lowest BCUT2D eigenvalue weighted by molar-refractivity contribution is 0.606. The highest BCUT2D eigenvalue weighted by Crippen LogP contribution is 2.21. The molecule has 1 aromatic carbocycles. The van der Waals surface area contributed by atoms with Crippen LogP contribution < -0.4 is 10.6 Å². The van der Waals surface area contributed by atoms with Crippen molar-refractivity contribution in [2.45, 2.75) is 26.7 Å². The fourth-order valence-corrected chi connectivity index (χ4v) is 2.57. The van der Waals surface area contributed by atoms with Crippen LogP contribution in [0.3, 0.4) is 0 Å². The van der Waals surface area contributed by atoms with Gasteiger partial charge in [-0.1, -0.05) is 43.1 Å². The van der Waals surface area contributed by atoms with Crippen molar-refractivity contribution >= 4 is 35.0 Å². The first-order valence-electron chi connectivity index (χ1n) is 7.79. The van der Waals surface area contributed by atoms with Crippen LogP contribution in [0.1, 0.15) is 25.8 Å². The predicted molar refractivity (Wildman–Crippen MR) is 98.6 cm³/mol. The maximum atomic E-state index is 6.17. The molecule has 2 N–H and O–H groups in total. The largest absolute Gasteiger partial charge is 0.370 e. The molecule has 6 heteroatoms. The molecule has 0 aliphatic heterocycles. The van der Waals surface area contributed by atoms with Crippen molar-refractivity contribution in [3.63, 3.8) is 0 Å². The average molecular weight is 353 g/mol. The first-order valence-corrected chi connectivity index (χ1v) is 8.55. The molecule has 2 aromatic rings. The molecule has 1 heterocycles. The first-order chi connectivity index (χ1) is 11.0. The molecule has 0 saturated heterocycles. The Bertz CT molecular complexity index is 632. The summed E-state index contributed by atoms with van der Waals surface area (Å²) in [5.74, 6) is 2.13. The van der Waals surface area contributed by atoms with Crippen molar-refractivity contribution in [3.8, 4) is 0 Å². The van der Waals surface area contributed by atoms with Crippen molar-refractivity contribution in [2.24, 2.45) is 5.92 Å².